The Bertz CT molecular complexity index is 541. The number of hydrogen-bond donors (Lipinski definition) is 1. The molecule has 0 saturated heterocycles. The summed E-state index contributed by atoms with van der Waals surface area (Å²) >= 11 is 3.48. The van der Waals surface area contributed by atoms with E-state index in [2.05, 4.69) is 33.4 Å². The third kappa shape index (κ3) is 6.37. The van der Waals surface area contributed by atoms with Crippen LogP contribution in [0.15, 0.2) is 28.7 Å². The average molecular weight is 360 g/mol. The van der Waals surface area contributed by atoms with E-state index in [0.717, 1.165) is 23.9 Å². The molecule has 0 amide bonds. The maximum Gasteiger partial charge on any atom is 0.147 e. The first-order valence-corrected chi connectivity index (χ1v) is 9.93. The van der Waals surface area contributed by atoms with Gasteiger partial charge >= 0.3 is 0 Å². The molecule has 1 aliphatic carbocycles. The van der Waals surface area contributed by atoms with Crippen molar-refractivity contribution in [2.45, 2.75) is 31.7 Å². The molecule has 0 heterocycles. The fourth-order valence-corrected chi connectivity index (χ4v) is 3.48. The molecule has 1 unspecified atom stereocenters. The van der Waals surface area contributed by atoms with E-state index in [1.54, 1.807) is 0 Å². The number of hydrogen-bond acceptors (Lipinski definition) is 3. The van der Waals surface area contributed by atoms with Crippen LogP contribution in [0.1, 0.15) is 24.8 Å². The second kappa shape index (κ2) is 7.05. The summed E-state index contributed by atoms with van der Waals surface area (Å²) in [5, 5.41) is 3.52. The summed E-state index contributed by atoms with van der Waals surface area (Å²) < 4.78 is 23.8. The minimum atomic E-state index is -2.88. The summed E-state index contributed by atoms with van der Waals surface area (Å²) in [6.07, 6.45) is 5.49. The first-order chi connectivity index (χ1) is 9.42. The maximum absolute atomic E-state index is 11.4. The summed E-state index contributed by atoms with van der Waals surface area (Å²) in [6.45, 7) is 0.909. The number of nitrogens with one attached hydrogen (secondary N) is 1. The Hall–Kier alpha value is -0.390. The van der Waals surface area contributed by atoms with E-state index in [0.29, 0.717) is 12.0 Å². The zero-order valence-corrected chi connectivity index (χ0v) is 14.2. The molecule has 0 aliphatic heterocycles. The van der Waals surface area contributed by atoms with Crippen molar-refractivity contribution in [3.8, 4) is 0 Å². The Labute approximate surface area is 130 Å². The Morgan fingerprint density at radius 1 is 1.40 bits per heavy atom. The normalized spacial score (nSPS) is 17.1. The first kappa shape index (κ1) is 16.0. The molecule has 1 aliphatic rings. The quantitative estimate of drug-likeness (QED) is 0.776. The standard InChI is InChI=1S/C15H22BrNO2S/c1-20(18,19)8-7-13(11-17-15-5-6-15)9-12-3-2-4-14(16)10-12/h2-4,10,13,15,17H,5-9,11H2,1H3. The van der Waals surface area contributed by atoms with E-state index < -0.39 is 9.84 Å². The third-order valence-electron chi connectivity index (χ3n) is 3.58. The van der Waals surface area contributed by atoms with Crippen molar-refractivity contribution in [2.75, 3.05) is 18.6 Å². The van der Waals surface area contributed by atoms with Crippen LogP contribution in [0.25, 0.3) is 0 Å². The van der Waals surface area contributed by atoms with Crippen molar-refractivity contribution >= 4 is 25.8 Å². The second-order valence-electron chi connectivity index (χ2n) is 5.80. The molecule has 0 spiro atoms. The smallest absolute Gasteiger partial charge is 0.147 e. The molecular weight excluding hydrogens is 338 g/mol. The molecule has 20 heavy (non-hydrogen) atoms. The summed E-state index contributed by atoms with van der Waals surface area (Å²) in [6, 6.07) is 8.93. The Morgan fingerprint density at radius 3 is 2.75 bits per heavy atom. The number of benzene rings is 1. The van der Waals surface area contributed by atoms with Crippen LogP contribution in [0.2, 0.25) is 0 Å². The van der Waals surface area contributed by atoms with E-state index in [1.165, 1.54) is 24.7 Å². The third-order valence-corrected chi connectivity index (χ3v) is 5.05. The van der Waals surface area contributed by atoms with E-state index in [1.807, 2.05) is 12.1 Å². The maximum atomic E-state index is 11.4. The van der Waals surface area contributed by atoms with Gasteiger partial charge in [0.1, 0.15) is 9.84 Å². The van der Waals surface area contributed by atoms with Crippen molar-refractivity contribution in [3.63, 3.8) is 0 Å². The van der Waals surface area contributed by atoms with Gasteiger partial charge in [0.15, 0.2) is 0 Å². The minimum Gasteiger partial charge on any atom is -0.314 e. The minimum absolute atomic E-state index is 0.276. The van der Waals surface area contributed by atoms with Crippen molar-refractivity contribution in [1.29, 1.82) is 0 Å². The Balaban J connectivity index is 1.93. The van der Waals surface area contributed by atoms with Gasteiger partial charge in [0.25, 0.3) is 0 Å². The predicted molar refractivity (Wildman–Crippen MR) is 86.7 cm³/mol. The lowest BCUT2D eigenvalue weighted by Crippen LogP contribution is -2.27. The summed E-state index contributed by atoms with van der Waals surface area (Å²) in [7, 11) is -2.88. The molecule has 1 atom stereocenters. The SMILES string of the molecule is CS(=O)(=O)CCC(CNC1CC1)Cc1cccc(Br)c1. The molecule has 2 rings (SSSR count). The molecule has 0 radical (unpaired) electrons. The molecule has 0 aromatic heterocycles. The van der Waals surface area contributed by atoms with Gasteiger partial charge in [-0.3, -0.25) is 0 Å². The lowest BCUT2D eigenvalue weighted by molar-refractivity contribution is 0.457. The van der Waals surface area contributed by atoms with Gasteiger partial charge in [-0.1, -0.05) is 28.1 Å². The highest BCUT2D eigenvalue weighted by Gasteiger charge is 2.22. The molecular formula is C15H22BrNO2S. The summed E-state index contributed by atoms with van der Waals surface area (Å²) in [4.78, 5) is 0. The van der Waals surface area contributed by atoms with Gasteiger partial charge in [-0.25, -0.2) is 8.42 Å². The highest BCUT2D eigenvalue weighted by Crippen LogP contribution is 2.21. The van der Waals surface area contributed by atoms with E-state index in [9.17, 15) is 8.42 Å². The van der Waals surface area contributed by atoms with E-state index >= 15 is 0 Å². The average Bonchev–Trinajstić information content (AvgIpc) is 3.15. The summed E-state index contributed by atoms with van der Waals surface area (Å²) in [5.41, 5.74) is 1.26. The highest BCUT2D eigenvalue weighted by atomic mass is 79.9. The fraction of sp³-hybridized carbons (Fsp3) is 0.600. The molecule has 1 N–H and O–H groups in total. The molecule has 112 valence electrons. The van der Waals surface area contributed by atoms with Crippen molar-refractivity contribution in [2.24, 2.45) is 5.92 Å². The monoisotopic (exact) mass is 359 g/mol. The van der Waals surface area contributed by atoms with Gasteiger partial charge < -0.3 is 5.32 Å². The van der Waals surface area contributed by atoms with Crippen LogP contribution in [-0.4, -0.2) is 33.0 Å². The van der Waals surface area contributed by atoms with Crippen LogP contribution in [-0.2, 0) is 16.3 Å². The molecule has 0 bridgehead atoms. The lowest BCUT2D eigenvalue weighted by atomic mass is 9.97. The topological polar surface area (TPSA) is 46.2 Å². The van der Waals surface area contributed by atoms with Crippen LogP contribution >= 0.6 is 15.9 Å². The largest absolute Gasteiger partial charge is 0.314 e. The van der Waals surface area contributed by atoms with Gasteiger partial charge in [0.2, 0.25) is 0 Å². The second-order valence-corrected chi connectivity index (χ2v) is 8.98. The fourth-order valence-electron chi connectivity index (χ4n) is 2.28. The molecule has 1 fully saturated rings. The van der Waals surface area contributed by atoms with Gasteiger partial charge in [0.05, 0.1) is 5.75 Å². The Kier molecular flexibility index (Phi) is 5.64. The zero-order valence-electron chi connectivity index (χ0n) is 11.8. The lowest BCUT2D eigenvalue weighted by Gasteiger charge is -2.17. The van der Waals surface area contributed by atoms with Crippen LogP contribution in [0.3, 0.4) is 0 Å². The molecule has 3 nitrogen and oxygen atoms in total. The van der Waals surface area contributed by atoms with Gasteiger partial charge in [-0.2, -0.15) is 0 Å². The van der Waals surface area contributed by atoms with Crippen LogP contribution in [0.5, 0.6) is 0 Å². The van der Waals surface area contributed by atoms with E-state index in [-0.39, 0.29) is 5.75 Å². The molecule has 1 aromatic carbocycles. The molecule has 5 heteroatoms. The van der Waals surface area contributed by atoms with Crippen molar-refractivity contribution < 1.29 is 8.42 Å². The number of rotatable bonds is 8. The number of sulfone groups is 1. The van der Waals surface area contributed by atoms with Crippen molar-refractivity contribution in [1.82, 2.24) is 5.32 Å². The molecule has 1 saturated carbocycles. The van der Waals surface area contributed by atoms with Gasteiger partial charge in [0, 0.05) is 16.8 Å². The predicted octanol–water partition coefficient (Wildman–Crippen LogP) is 2.79. The first-order valence-electron chi connectivity index (χ1n) is 7.08. The van der Waals surface area contributed by atoms with Crippen LogP contribution in [0, 0.1) is 5.92 Å². The van der Waals surface area contributed by atoms with Crippen LogP contribution in [0.4, 0.5) is 0 Å². The van der Waals surface area contributed by atoms with Gasteiger partial charge in [-0.15, -0.1) is 0 Å². The van der Waals surface area contributed by atoms with Crippen LogP contribution < -0.4 is 5.32 Å². The Morgan fingerprint density at radius 2 is 2.15 bits per heavy atom. The van der Waals surface area contributed by atoms with Gasteiger partial charge in [-0.05, 0) is 55.8 Å². The van der Waals surface area contributed by atoms with Crippen molar-refractivity contribution in [3.05, 3.63) is 34.3 Å². The zero-order chi connectivity index (χ0) is 14.6. The van der Waals surface area contributed by atoms with E-state index in [4.69, 9.17) is 0 Å². The molecule has 1 aromatic rings. The highest BCUT2D eigenvalue weighted by molar-refractivity contribution is 9.10. The summed E-state index contributed by atoms with van der Waals surface area (Å²) in [5.74, 6) is 0.650. The number of halogens is 1.